The van der Waals surface area contributed by atoms with Crippen LogP contribution < -0.4 is 5.32 Å². The van der Waals surface area contributed by atoms with Crippen LogP contribution in [0.2, 0.25) is 0 Å². The van der Waals surface area contributed by atoms with Gasteiger partial charge in [0, 0.05) is 0 Å². The molecule has 0 fully saturated rings. The van der Waals surface area contributed by atoms with E-state index in [4.69, 9.17) is 4.74 Å². The van der Waals surface area contributed by atoms with E-state index < -0.39 is 41.1 Å². The van der Waals surface area contributed by atoms with Crippen molar-refractivity contribution >= 4 is 28.9 Å². The minimum absolute atomic E-state index is 0.256. The third kappa shape index (κ3) is 3.73. The Morgan fingerprint density at radius 1 is 1.21 bits per heavy atom. The first-order chi connectivity index (χ1) is 11.2. The number of hydrogen-bond donors (Lipinski definition) is 1. The van der Waals surface area contributed by atoms with Crippen LogP contribution in [-0.4, -0.2) is 23.0 Å². The number of ether oxygens (including phenoxy) is 1. The van der Waals surface area contributed by atoms with Crippen molar-refractivity contribution in [3.05, 3.63) is 45.2 Å². The number of nitrogens with one attached hydrogen (secondary N) is 1. The zero-order valence-corrected chi connectivity index (χ0v) is 13.8. The second-order valence-electron chi connectivity index (χ2n) is 4.91. The van der Waals surface area contributed by atoms with Gasteiger partial charge in [-0.2, -0.15) is 0 Å². The second kappa shape index (κ2) is 7.00. The number of thiazole rings is 1. The highest BCUT2D eigenvalue weighted by Gasteiger charge is 2.24. The van der Waals surface area contributed by atoms with Gasteiger partial charge in [-0.3, -0.25) is 4.79 Å². The van der Waals surface area contributed by atoms with E-state index in [2.05, 4.69) is 4.98 Å². The maximum Gasteiger partial charge on any atom is 0.351 e. The lowest BCUT2D eigenvalue weighted by molar-refractivity contribution is -0.123. The van der Waals surface area contributed by atoms with E-state index in [0.717, 1.165) is 17.4 Å². The Morgan fingerprint density at radius 2 is 1.88 bits per heavy atom. The predicted octanol–water partition coefficient (Wildman–Crippen LogP) is 3.36. The molecule has 0 aliphatic carbocycles. The minimum atomic E-state index is -1.70. The summed E-state index contributed by atoms with van der Waals surface area (Å²) in [5, 5.41) is 2.71. The SMILES string of the molecule is Cc1nc(C)c(C(=O)O[C@H](C)C(=O)Nc2ccc(F)c(F)c2F)s1. The summed E-state index contributed by atoms with van der Waals surface area (Å²) < 4.78 is 44.5. The normalized spacial score (nSPS) is 11.9. The zero-order chi connectivity index (χ0) is 18.0. The number of carbonyl (C=O) groups excluding carboxylic acids is 2. The first-order valence-electron chi connectivity index (χ1n) is 6.80. The number of halogens is 3. The number of aromatic nitrogens is 1. The largest absolute Gasteiger partial charge is 0.448 e. The van der Waals surface area contributed by atoms with Crippen LogP contribution in [0.25, 0.3) is 0 Å². The number of aryl methyl sites for hydroxylation is 2. The van der Waals surface area contributed by atoms with Crippen LogP contribution >= 0.6 is 11.3 Å². The summed E-state index contributed by atoms with van der Waals surface area (Å²) in [6.45, 7) is 4.62. The molecule has 5 nitrogen and oxygen atoms in total. The molecule has 1 aromatic heterocycles. The number of rotatable bonds is 4. The van der Waals surface area contributed by atoms with Gasteiger partial charge in [-0.1, -0.05) is 0 Å². The average molecular weight is 358 g/mol. The van der Waals surface area contributed by atoms with Gasteiger partial charge >= 0.3 is 5.97 Å². The van der Waals surface area contributed by atoms with E-state index in [-0.39, 0.29) is 4.88 Å². The van der Waals surface area contributed by atoms with Gasteiger partial charge in [-0.15, -0.1) is 11.3 Å². The standard InChI is InChI=1S/C15H13F3N2O3S/c1-6-13(24-8(3)19-6)15(22)23-7(2)14(21)20-10-5-4-9(16)11(17)12(10)18/h4-5,7H,1-3H3,(H,20,21)/t7-/m1/s1. The van der Waals surface area contributed by atoms with Crippen molar-refractivity contribution in [2.45, 2.75) is 26.9 Å². The topological polar surface area (TPSA) is 68.3 Å². The van der Waals surface area contributed by atoms with Gasteiger partial charge < -0.3 is 10.1 Å². The summed E-state index contributed by atoms with van der Waals surface area (Å²) in [6.07, 6.45) is -1.27. The molecule has 1 N–H and O–H groups in total. The molecule has 9 heteroatoms. The lowest BCUT2D eigenvalue weighted by atomic mass is 10.2. The number of benzene rings is 1. The summed E-state index contributed by atoms with van der Waals surface area (Å²) in [7, 11) is 0. The monoisotopic (exact) mass is 358 g/mol. The Balaban J connectivity index is 2.06. The van der Waals surface area contributed by atoms with Crippen molar-refractivity contribution in [2.75, 3.05) is 5.32 Å². The molecule has 1 amide bonds. The fraction of sp³-hybridized carbons (Fsp3) is 0.267. The number of nitrogens with zero attached hydrogens (tertiary/aromatic N) is 1. The van der Waals surface area contributed by atoms with Crippen LogP contribution in [-0.2, 0) is 9.53 Å². The molecule has 0 spiro atoms. The number of amides is 1. The quantitative estimate of drug-likeness (QED) is 0.672. The first-order valence-corrected chi connectivity index (χ1v) is 7.61. The summed E-state index contributed by atoms with van der Waals surface area (Å²) in [6, 6.07) is 1.55. The van der Waals surface area contributed by atoms with Gasteiger partial charge in [-0.25, -0.2) is 22.9 Å². The molecule has 0 aliphatic rings. The fourth-order valence-electron chi connectivity index (χ4n) is 1.85. The van der Waals surface area contributed by atoms with E-state index in [9.17, 15) is 22.8 Å². The van der Waals surface area contributed by atoms with Gasteiger partial charge in [0.2, 0.25) is 0 Å². The maximum absolute atomic E-state index is 13.5. The summed E-state index contributed by atoms with van der Waals surface area (Å²) in [5.41, 5.74) is -0.0756. The molecule has 0 unspecified atom stereocenters. The fourth-order valence-corrected chi connectivity index (χ4v) is 2.65. The van der Waals surface area contributed by atoms with E-state index >= 15 is 0 Å². The van der Waals surface area contributed by atoms with E-state index in [0.29, 0.717) is 16.8 Å². The highest BCUT2D eigenvalue weighted by Crippen LogP contribution is 2.21. The molecule has 0 saturated heterocycles. The number of hydrogen-bond acceptors (Lipinski definition) is 5. The van der Waals surface area contributed by atoms with Gasteiger partial charge in [0.05, 0.1) is 16.4 Å². The Bertz CT molecular complexity index is 808. The average Bonchev–Trinajstić information content (AvgIpc) is 2.86. The third-order valence-corrected chi connectivity index (χ3v) is 4.09. The smallest absolute Gasteiger partial charge is 0.351 e. The predicted molar refractivity (Wildman–Crippen MR) is 81.4 cm³/mol. The van der Waals surface area contributed by atoms with Crippen molar-refractivity contribution in [3.63, 3.8) is 0 Å². The van der Waals surface area contributed by atoms with Crippen LogP contribution in [0.5, 0.6) is 0 Å². The number of anilines is 1. The lowest BCUT2D eigenvalue weighted by Gasteiger charge is -2.13. The molecular formula is C15H13F3N2O3S. The molecule has 2 rings (SSSR count). The highest BCUT2D eigenvalue weighted by atomic mass is 32.1. The van der Waals surface area contributed by atoms with Crippen LogP contribution in [0.3, 0.4) is 0 Å². The van der Waals surface area contributed by atoms with Crippen molar-refractivity contribution in [1.82, 2.24) is 4.98 Å². The molecule has 0 radical (unpaired) electrons. The van der Waals surface area contributed by atoms with Gasteiger partial charge in [0.15, 0.2) is 23.6 Å². The molecule has 128 valence electrons. The van der Waals surface area contributed by atoms with Crippen LogP contribution in [0, 0.1) is 31.3 Å². The Labute approximate surface area is 139 Å². The van der Waals surface area contributed by atoms with Crippen LogP contribution in [0.4, 0.5) is 18.9 Å². The van der Waals surface area contributed by atoms with Crippen molar-refractivity contribution < 1.29 is 27.5 Å². The van der Waals surface area contributed by atoms with E-state index in [1.807, 2.05) is 5.32 Å². The summed E-state index contributed by atoms with van der Waals surface area (Å²) >= 11 is 1.12. The van der Waals surface area contributed by atoms with Gasteiger partial charge in [0.25, 0.3) is 5.91 Å². The number of esters is 1. The molecule has 1 atom stereocenters. The first kappa shape index (κ1) is 17.9. The van der Waals surface area contributed by atoms with E-state index in [1.54, 1.807) is 13.8 Å². The molecule has 0 bridgehead atoms. The molecule has 0 aliphatic heterocycles. The Kier molecular flexibility index (Phi) is 5.23. The van der Waals surface area contributed by atoms with Crippen LogP contribution in [0.1, 0.15) is 27.3 Å². The van der Waals surface area contributed by atoms with Gasteiger partial charge in [-0.05, 0) is 32.9 Å². The van der Waals surface area contributed by atoms with Crippen LogP contribution in [0.15, 0.2) is 12.1 Å². The van der Waals surface area contributed by atoms with Crippen molar-refractivity contribution in [2.24, 2.45) is 0 Å². The second-order valence-corrected chi connectivity index (χ2v) is 6.11. The van der Waals surface area contributed by atoms with E-state index in [1.165, 1.54) is 6.92 Å². The maximum atomic E-state index is 13.5. The van der Waals surface area contributed by atoms with Gasteiger partial charge in [0.1, 0.15) is 4.88 Å². The lowest BCUT2D eigenvalue weighted by Crippen LogP contribution is -2.30. The summed E-state index contributed by atoms with van der Waals surface area (Å²) in [5.74, 6) is -6.23. The Morgan fingerprint density at radius 3 is 2.46 bits per heavy atom. The summed E-state index contributed by atoms with van der Waals surface area (Å²) in [4.78, 5) is 28.3. The molecule has 24 heavy (non-hydrogen) atoms. The zero-order valence-electron chi connectivity index (χ0n) is 12.9. The van der Waals surface area contributed by atoms with Crippen molar-refractivity contribution in [3.8, 4) is 0 Å². The molecule has 1 aromatic carbocycles. The highest BCUT2D eigenvalue weighted by molar-refractivity contribution is 7.13. The molecule has 1 heterocycles. The minimum Gasteiger partial charge on any atom is -0.448 e. The molecule has 0 saturated carbocycles. The third-order valence-electron chi connectivity index (χ3n) is 3.04. The number of carbonyl (C=O) groups is 2. The Hall–Kier alpha value is -2.42. The van der Waals surface area contributed by atoms with Crippen molar-refractivity contribution in [1.29, 1.82) is 0 Å². The molecular weight excluding hydrogens is 345 g/mol. The molecule has 2 aromatic rings.